The fourth-order valence-corrected chi connectivity index (χ4v) is 1.97. The Morgan fingerprint density at radius 3 is 2.71 bits per heavy atom. The molecule has 0 spiro atoms. The number of nitrogens with two attached hydrogens (primary N) is 1. The van der Waals surface area contributed by atoms with E-state index in [9.17, 15) is 5.11 Å². The van der Waals surface area contributed by atoms with Crippen LogP contribution in [0.4, 0.5) is 11.5 Å². The third kappa shape index (κ3) is 1.33. The van der Waals surface area contributed by atoms with Gasteiger partial charge in [0.15, 0.2) is 0 Å². The molecule has 1 aromatic rings. The second kappa shape index (κ2) is 3.16. The van der Waals surface area contributed by atoms with Crippen molar-refractivity contribution in [2.24, 2.45) is 7.05 Å². The average Bonchev–Trinajstić information content (AvgIpc) is 2.60. The van der Waals surface area contributed by atoms with E-state index in [0.29, 0.717) is 6.54 Å². The molecule has 1 unspecified atom stereocenters. The Labute approximate surface area is 83.1 Å². The summed E-state index contributed by atoms with van der Waals surface area (Å²) in [4.78, 5) is 2.08. The molecule has 1 aliphatic rings. The maximum atomic E-state index is 9.44. The van der Waals surface area contributed by atoms with Crippen LogP contribution in [0.3, 0.4) is 0 Å². The summed E-state index contributed by atoms with van der Waals surface area (Å²) >= 11 is 0. The van der Waals surface area contributed by atoms with Gasteiger partial charge < -0.3 is 15.7 Å². The lowest BCUT2D eigenvalue weighted by Crippen LogP contribution is -2.24. The van der Waals surface area contributed by atoms with Gasteiger partial charge >= 0.3 is 0 Å². The van der Waals surface area contributed by atoms with Crippen LogP contribution in [0.15, 0.2) is 0 Å². The van der Waals surface area contributed by atoms with Gasteiger partial charge in [0.25, 0.3) is 0 Å². The van der Waals surface area contributed by atoms with Crippen LogP contribution in [0, 0.1) is 6.92 Å². The molecule has 0 bridgehead atoms. The Balaban J connectivity index is 2.31. The summed E-state index contributed by atoms with van der Waals surface area (Å²) in [6.45, 7) is 3.40. The fourth-order valence-electron chi connectivity index (χ4n) is 1.97. The van der Waals surface area contributed by atoms with Crippen molar-refractivity contribution in [3.63, 3.8) is 0 Å². The monoisotopic (exact) mass is 196 g/mol. The minimum atomic E-state index is -0.232. The van der Waals surface area contributed by atoms with Gasteiger partial charge in [-0.25, -0.2) is 0 Å². The van der Waals surface area contributed by atoms with E-state index < -0.39 is 0 Å². The minimum Gasteiger partial charge on any atom is -0.394 e. The molecular formula is C9H16N4O. The molecule has 1 aliphatic heterocycles. The molecule has 2 rings (SSSR count). The van der Waals surface area contributed by atoms with E-state index in [1.54, 1.807) is 4.68 Å². The average molecular weight is 196 g/mol. The molecule has 1 aromatic heterocycles. The Kier molecular flexibility index (Phi) is 2.11. The van der Waals surface area contributed by atoms with Crippen molar-refractivity contribution < 1.29 is 5.11 Å². The molecule has 1 fully saturated rings. The molecule has 0 amide bonds. The van der Waals surface area contributed by atoms with Gasteiger partial charge in [-0.1, -0.05) is 0 Å². The number of rotatable bonds is 1. The van der Waals surface area contributed by atoms with E-state index in [4.69, 9.17) is 5.73 Å². The van der Waals surface area contributed by atoms with Gasteiger partial charge in [0, 0.05) is 20.1 Å². The van der Waals surface area contributed by atoms with Crippen LogP contribution in [0.2, 0.25) is 0 Å². The number of anilines is 2. The summed E-state index contributed by atoms with van der Waals surface area (Å²) < 4.78 is 1.78. The second-order valence-electron chi connectivity index (χ2n) is 3.83. The van der Waals surface area contributed by atoms with Crippen LogP contribution in [-0.4, -0.2) is 34.1 Å². The van der Waals surface area contributed by atoms with Crippen LogP contribution in [0.5, 0.6) is 0 Å². The van der Waals surface area contributed by atoms with Crippen LogP contribution in [0.1, 0.15) is 12.1 Å². The summed E-state index contributed by atoms with van der Waals surface area (Å²) in [7, 11) is 1.88. The minimum absolute atomic E-state index is 0.232. The first-order chi connectivity index (χ1) is 6.59. The van der Waals surface area contributed by atoms with Crippen LogP contribution >= 0.6 is 0 Å². The Morgan fingerprint density at radius 1 is 1.57 bits per heavy atom. The van der Waals surface area contributed by atoms with E-state index in [1.165, 1.54) is 0 Å². The number of aromatic nitrogens is 2. The molecule has 78 valence electrons. The van der Waals surface area contributed by atoms with Crippen LogP contribution in [0.25, 0.3) is 0 Å². The predicted molar refractivity (Wildman–Crippen MR) is 55.2 cm³/mol. The molecule has 2 heterocycles. The topological polar surface area (TPSA) is 67.3 Å². The summed E-state index contributed by atoms with van der Waals surface area (Å²) in [6.07, 6.45) is 0.577. The number of aliphatic hydroxyl groups is 1. The largest absolute Gasteiger partial charge is 0.394 e. The highest BCUT2D eigenvalue weighted by molar-refractivity contribution is 5.66. The molecule has 0 aliphatic carbocycles. The standard InChI is InChI=1S/C9H16N4O/c1-6-8(10)9(12(2)11-6)13-4-3-7(14)5-13/h7,14H,3-5,10H2,1-2H3. The molecular weight excluding hydrogens is 180 g/mol. The number of nitrogens with zero attached hydrogens (tertiary/aromatic N) is 3. The fraction of sp³-hybridized carbons (Fsp3) is 0.667. The van der Waals surface area contributed by atoms with Crippen LogP contribution < -0.4 is 10.6 Å². The molecule has 3 N–H and O–H groups in total. The number of β-amino-alcohol motifs (C(OH)–C–C–N with tert-alkyl or cyclic N) is 1. The van der Waals surface area contributed by atoms with Gasteiger partial charge in [0.2, 0.25) is 0 Å². The molecule has 0 radical (unpaired) electrons. The highest BCUT2D eigenvalue weighted by Gasteiger charge is 2.25. The number of nitrogen functional groups attached to an aromatic ring is 1. The van der Waals surface area contributed by atoms with Crippen molar-refractivity contribution in [1.29, 1.82) is 0 Å². The number of aliphatic hydroxyl groups excluding tert-OH is 1. The van der Waals surface area contributed by atoms with Crippen molar-refractivity contribution in [2.45, 2.75) is 19.4 Å². The summed E-state index contributed by atoms with van der Waals surface area (Å²) in [5.74, 6) is 0.930. The van der Waals surface area contributed by atoms with E-state index in [1.807, 2.05) is 14.0 Å². The zero-order chi connectivity index (χ0) is 10.3. The summed E-state index contributed by atoms with van der Waals surface area (Å²) in [5.41, 5.74) is 7.50. The van der Waals surface area contributed by atoms with Gasteiger partial charge in [-0.05, 0) is 13.3 Å². The molecule has 1 saturated heterocycles. The SMILES string of the molecule is Cc1nn(C)c(N2CCC(O)C2)c1N. The van der Waals surface area contributed by atoms with Gasteiger partial charge in [0.1, 0.15) is 5.82 Å². The quantitative estimate of drug-likeness (QED) is 0.657. The molecule has 5 nitrogen and oxygen atoms in total. The van der Waals surface area contributed by atoms with Gasteiger partial charge in [-0.15, -0.1) is 0 Å². The summed E-state index contributed by atoms with van der Waals surface area (Å²) in [6, 6.07) is 0. The van der Waals surface area contributed by atoms with Gasteiger partial charge in [0.05, 0.1) is 17.5 Å². The van der Waals surface area contributed by atoms with E-state index in [-0.39, 0.29) is 6.10 Å². The lowest BCUT2D eigenvalue weighted by Gasteiger charge is -2.18. The highest BCUT2D eigenvalue weighted by Crippen LogP contribution is 2.28. The van der Waals surface area contributed by atoms with E-state index in [2.05, 4.69) is 10.00 Å². The molecule has 14 heavy (non-hydrogen) atoms. The smallest absolute Gasteiger partial charge is 0.150 e. The van der Waals surface area contributed by atoms with Crippen molar-refractivity contribution >= 4 is 11.5 Å². The van der Waals surface area contributed by atoms with E-state index in [0.717, 1.165) is 30.2 Å². The maximum Gasteiger partial charge on any atom is 0.150 e. The zero-order valence-electron chi connectivity index (χ0n) is 8.56. The zero-order valence-corrected chi connectivity index (χ0v) is 8.56. The number of hydrogen-bond acceptors (Lipinski definition) is 4. The maximum absolute atomic E-state index is 9.44. The number of aryl methyl sites for hydroxylation is 2. The molecule has 0 saturated carbocycles. The Bertz CT molecular complexity index is 347. The highest BCUT2D eigenvalue weighted by atomic mass is 16.3. The first-order valence-electron chi connectivity index (χ1n) is 4.81. The van der Waals surface area contributed by atoms with E-state index >= 15 is 0 Å². The second-order valence-corrected chi connectivity index (χ2v) is 3.83. The lowest BCUT2D eigenvalue weighted by atomic mass is 10.3. The van der Waals surface area contributed by atoms with Crippen molar-refractivity contribution in [3.8, 4) is 0 Å². The Morgan fingerprint density at radius 2 is 2.29 bits per heavy atom. The van der Waals surface area contributed by atoms with Crippen LogP contribution in [-0.2, 0) is 7.05 Å². The number of hydrogen-bond donors (Lipinski definition) is 2. The Hall–Kier alpha value is -1.23. The third-order valence-corrected chi connectivity index (χ3v) is 2.70. The van der Waals surface area contributed by atoms with Gasteiger partial charge in [-0.2, -0.15) is 5.10 Å². The lowest BCUT2D eigenvalue weighted by molar-refractivity contribution is 0.198. The summed E-state index contributed by atoms with van der Waals surface area (Å²) in [5, 5.41) is 13.7. The normalized spacial score (nSPS) is 21.9. The van der Waals surface area contributed by atoms with Crippen molar-refractivity contribution in [3.05, 3.63) is 5.69 Å². The van der Waals surface area contributed by atoms with Gasteiger partial charge in [-0.3, -0.25) is 4.68 Å². The third-order valence-electron chi connectivity index (χ3n) is 2.70. The van der Waals surface area contributed by atoms with Crippen molar-refractivity contribution in [1.82, 2.24) is 9.78 Å². The first-order valence-corrected chi connectivity index (χ1v) is 4.81. The first kappa shape index (κ1) is 9.33. The molecule has 1 atom stereocenters. The van der Waals surface area contributed by atoms with Crippen molar-refractivity contribution in [2.75, 3.05) is 23.7 Å². The predicted octanol–water partition coefficient (Wildman–Crippen LogP) is -0.118. The molecule has 0 aromatic carbocycles. The molecule has 5 heteroatoms.